The van der Waals surface area contributed by atoms with Gasteiger partial charge in [0.25, 0.3) is 5.91 Å². The lowest BCUT2D eigenvalue weighted by Gasteiger charge is -2.35. The fourth-order valence-corrected chi connectivity index (χ4v) is 3.12. The van der Waals surface area contributed by atoms with Gasteiger partial charge in [0, 0.05) is 26.3 Å². The summed E-state index contributed by atoms with van der Waals surface area (Å²) in [7, 11) is 1.67. The number of piperidine rings is 1. The Morgan fingerprint density at radius 2 is 2.15 bits per heavy atom. The van der Waals surface area contributed by atoms with Crippen LogP contribution in [0.3, 0.4) is 0 Å². The summed E-state index contributed by atoms with van der Waals surface area (Å²) >= 11 is 0. The number of nitrogens with zero attached hydrogens (tertiary/aromatic N) is 2. The molecule has 1 aliphatic rings. The Morgan fingerprint density at radius 3 is 2.92 bits per heavy atom. The van der Waals surface area contributed by atoms with Crippen molar-refractivity contribution in [1.29, 1.82) is 0 Å². The Bertz CT molecular complexity index is 717. The van der Waals surface area contributed by atoms with Gasteiger partial charge in [-0.15, -0.1) is 0 Å². The lowest BCUT2D eigenvalue weighted by atomic mass is 9.99. The second-order valence-electron chi connectivity index (χ2n) is 6.30. The van der Waals surface area contributed by atoms with Crippen molar-refractivity contribution in [3.05, 3.63) is 47.9 Å². The number of benzene rings is 1. The molecule has 0 radical (unpaired) electrons. The summed E-state index contributed by atoms with van der Waals surface area (Å²) in [5.41, 5.74) is 0.284. The van der Waals surface area contributed by atoms with Crippen molar-refractivity contribution in [2.45, 2.75) is 38.3 Å². The maximum atomic E-state index is 12.9. The lowest BCUT2D eigenvalue weighted by molar-refractivity contribution is 0.0547. The van der Waals surface area contributed by atoms with Gasteiger partial charge >= 0.3 is 0 Å². The highest BCUT2D eigenvalue weighted by molar-refractivity contribution is 5.92. The Labute approximate surface area is 151 Å². The Balaban J connectivity index is 1.60. The van der Waals surface area contributed by atoms with Crippen LogP contribution in [-0.2, 0) is 11.3 Å². The van der Waals surface area contributed by atoms with Crippen molar-refractivity contribution in [3.63, 3.8) is 0 Å². The highest BCUT2D eigenvalue weighted by Gasteiger charge is 2.29. The first-order valence-electron chi connectivity index (χ1n) is 8.80. The third-order valence-corrected chi connectivity index (χ3v) is 4.49. The maximum Gasteiger partial charge on any atom is 0.276 e. The van der Waals surface area contributed by atoms with E-state index in [1.165, 1.54) is 30.5 Å². The fourth-order valence-electron chi connectivity index (χ4n) is 3.12. The van der Waals surface area contributed by atoms with Crippen LogP contribution in [0.4, 0.5) is 4.39 Å². The average molecular weight is 362 g/mol. The number of likely N-dealkylation sites (tertiary alicyclic amines) is 1. The van der Waals surface area contributed by atoms with Crippen molar-refractivity contribution < 1.29 is 23.1 Å². The molecule has 1 aliphatic heterocycles. The van der Waals surface area contributed by atoms with Crippen LogP contribution in [0.1, 0.15) is 42.1 Å². The second kappa shape index (κ2) is 8.80. The zero-order valence-electron chi connectivity index (χ0n) is 14.8. The molecule has 1 amide bonds. The van der Waals surface area contributed by atoms with Gasteiger partial charge in [-0.1, -0.05) is 0 Å². The SMILES string of the molecule is COCCC1CCCCN1C(=O)c1coc(COc2ccc(F)cc2)n1. The van der Waals surface area contributed by atoms with Gasteiger partial charge in [0.1, 0.15) is 17.8 Å². The summed E-state index contributed by atoms with van der Waals surface area (Å²) in [6, 6.07) is 5.86. The van der Waals surface area contributed by atoms with Gasteiger partial charge < -0.3 is 18.8 Å². The molecule has 2 heterocycles. The van der Waals surface area contributed by atoms with Crippen LogP contribution in [0.5, 0.6) is 5.75 Å². The molecule has 1 fully saturated rings. The minimum atomic E-state index is -0.328. The molecule has 0 N–H and O–H groups in total. The summed E-state index contributed by atoms with van der Waals surface area (Å²) in [6.07, 6.45) is 5.28. The molecule has 1 aromatic carbocycles. The number of hydrogen-bond acceptors (Lipinski definition) is 5. The molecule has 6 nitrogen and oxygen atoms in total. The van der Waals surface area contributed by atoms with Crippen LogP contribution in [0.15, 0.2) is 34.9 Å². The Morgan fingerprint density at radius 1 is 1.35 bits per heavy atom. The molecular formula is C19H23FN2O4. The first-order chi connectivity index (χ1) is 12.7. The van der Waals surface area contributed by atoms with E-state index in [2.05, 4.69) is 4.98 Å². The van der Waals surface area contributed by atoms with Crippen molar-refractivity contribution in [2.75, 3.05) is 20.3 Å². The number of ether oxygens (including phenoxy) is 2. The molecule has 1 saturated heterocycles. The third-order valence-electron chi connectivity index (χ3n) is 4.49. The van der Waals surface area contributed by atoms with E-state index in [0.29, 0.717) is 18.2 Å². The van der Waals surface area contributed by atoms with Crippen molar-refractivity contribution in [3.8, 4) is 5.75 Å². The number of rotatable bonds is 7. The number of halogens is 1. The van der Waals surface area contributed by atoms with Crippen molar-refractivity contribution >= 4 is 5.91 Å². The molecule has 0 saturated carbocycles. The standard InChI is InChI=1S/C19H23FN2O4/c1-24-11-9-15-4-2-3-10-22(15)19(23)17-12-26-18(21-17)13-25-16-7-5-14(20)6-8-16/h5-8,12,15H,2-4,9-11,13H2,1H3. The number of amides is 1. The summed E-state index contributed by atoms with van der Waals surface area (Å²) in [5.74, 6) is 0.366. The molecule has 0 bridgehead atoms. The summed E-state index contributed by atoms with van der Waals surface area (Å²) in [4.78, 5) is 18.9. The van der Waals surface area contributed by atoms with Gasteiger partial charge in [-0.3, -0.25) is 4.79 Å². The lowest BCUT2D eigenvalue weighted by Crippen LogP contribution is -2.44. The van der Waals surface area contributed by atoms with E-state index >= 15 is 0 Å². The molecule has 26 heavy (non-hydrogen) atoms. The van der Waals surface area contributed by atoms with Crippen LogP contribution in [0.2, 0.25) is 0 Å². The van der Waals surface area contributed by atoms with Crippen LogP contribution < -0.4 is 4.74 Å². The molecule has 0 aliphatic carbocycles. The minimum absolute atomic E-state index is 0.0754. The highest BCUT2D eigenvalue weighted by Crippen LogP contribution is 2.22. The largest absolute Gasteiger partial charge is 0.484 e. The number of carbonyl (C=O) groups is 1. The monoisotopic (exact) mass is 362 g/mol. The number of hydrogen-bond donors (Lipinski definition) is 0. The van der Waals surface area contributed by atoms with Crippen LogP contribution >= 0.6 is 0 Å². The van der Waals surface area contributed by atoms with Crippen LogP contribution in [-0.4, -0.2) is 42.1 Å². The third kappa shape index (κ3) is 4.60. The van der Waals surface area contributed by atoms with Gasteiger partial charge in [-0.05, 0) is 49.9 Å². The van der Waals surface area contributed by atoms with Crippen LogP contribution in [0, 0.1) is 5.82 Å². The number of aromatic nitrogens is 1. The predicted molar refractivity (Wildman–Crippen MR) is 92.4 cm³/mol. The second-order valence-corrected chi connectivity index (χ2v) is 6.30. The van der Waals surface area contributed by atoms with E-state index < -0.39 is 0 Å². The molecule has 1 atom stereocenters. The van der Waals surface area contributed by atoms with Gasteiger partial charge in [-0.2, -0.15) is 0 Å². The van der Waals surface area contributed by atoms with Gasteiger partial charge in [0.2, 0.25) is 5.89 Å². The molecule has 1 aromatic heterocycles. The van der Waals surface area contributed by atoms with Crippen LogP contribution in [0.25, 0.3) is 0 Å². The van der Waals surface area contributed by atoms with Gasteiger partial charge in [-0.25, -0.2) is 9.37 Å². The zero-order valence-corrected chi connectivity index (χ0v) is 14.8. The molecular weight excluding hydrogens is 339 g/mol. The van der Waals surface area contributed by atoms with E-state index in [4.69, 9.17) is 13.9 Å². The smallest absolute Gasteiger partial charge is 0.276 e. The molecule has 1 unspecified atom stereocenters. The number of methoxy groups -OCH3 is 1. The van der Waals surface area contributed by atoms with E-state index in [1.807, 2.05) is 4.90 Å². The Hall–Kier alpha value is -2.41. The first-order valence-corrected chi connectivity index (χ1v) is 8.80. The van der Waals surface area contributed by atoms with E-state index in [0.717, 1.165) is 32.2 Å². The van der Waals surface area contributed by atoms with Crippen molar-refractivity contribution in [2.24, 2.45) is 0 Å². The molecule has 140 valence electrons. The van der Waals surface area contributed by atoms with E-state index in [-0.39, 0.29) is 30.1 Å². The fraction of sp³-hybridized carbons (Fsp3) is 0.474. The number of oxazole rings is 1. The maximum absolute atomic E-state index is 12.9. The zero-order chi connectivity index (χ0) is 18.4. The summed E-state index contributed by atoms with van der Waals surface area (Å²) in [6.45, 7) is 1.43. The highest BCUT2D eigenvalue weighted by atomic mass is 19.1. The molecule has 7 heteroatoms. The van der Waals surface area contributed by atoms with Gasteiger partial charge in [0.15, 0.2) is 12.3 Å². The van der Waals surface area contributed by atoms with Gasteiger partial charge in [0.05, 0.1) is 0 Å². The Kier molecular flexibility index (Phi) is 6.22. The molecule has 2 aromatic rings. The summed E-state index contributed by atoms with van der Waals surface area (Å²) < 4.78 is 28.9. The predicted octanol–water partition coefficient (Wildman–Crippen LogP) is 3.42. The van der Waals surface area contributed by atoms with E-state index in [9.17, 15) is 9.18 Å². The molecule has 0 spiro atoms. The minimum Gasteiger partial charge on any atom is -0.484 e. The number of carbonyl (C=O) groups excluding carboxylic acids is 1. The average Bonchev–Trinajstić information content (AvgIpc) is 3.14. The quantitative estimate of drug-likeness (QED) is 0.755. The van der Waals surface area contributed by atoms with Crippen molar-refractivity contribution in [1.82, 2.24) is 9.88 Å². The normalized spacial score (nSPS) is 17.3. The molecule has 3 rings (SSSR count). The topological polar surface area (TPSA) is 64.8 Å². The first kappa shape index (κ1) is 18.4. The summed E-state index contributed by atoms with van der Waals surface area (Å²) in [5, 5.41) is 0. The van der Waals surface area contributed by atoms with E-state index in [1.54, 1.807) is 7.11 Å².